The molecule has 68 valence electrons. The maximum absolute atomic E-state index is 10.1. The molecule has 0 aliphatic heterocycles. The van der Waals surface area contributed by atoms with Gasteiger partial charge in [0.2, 0.25) is 0 Å². The summed E-state index contributed by atoms with van der Waals surface area (Å²) >= 11 is 0. The summed E-state index contributed by atoms with van der Waals surface area (Å²) in [5, 5.41) is 10.1. The topological polar surface area (TPSA) is 40.1 Å². The quantitative estimate of drug-likeness (QED) is 0.490. The molecule has 0 fully saturated rings. The first kappa shape index (κ1) is 16.2. The Kier molecular flexibility index (Phi) is 10.2. The van der Waals surface area contributed by atoms with Crippen LogP contribution in [0.5, 0.6) is 0 Å². The van der Waals surface area contributed by atoms with E-state index in [0.29, 0.717) is 6.42 Å². The zero-order chi connectivity index (χ0) is 9.61. The minimum atomic E-state index is -1.53. The molecule has 0 N–H and O–H groups in total. The predicted molar refractivity (Wildman–Crippen MR) is 51.1 cm³/mol. The Morgan fingerprint density at radius 1 is 1.46 bits per heavy atom. The van der Waals surface area contributed by atoms with Crippen molar-refractivity contribution in [1.29, 1.82) is 0 Å². The third-order valence-electron chi connectivity index (χ3n) is 2.03. The van der Waals surface area contributed by atoms with Gasteiger partial charge in [0, 0.05) is 5.97 Å². The van der Waals surface area contributed by atoms with E-state index >= 15 is 0 Å². The van der Waals surface area contributed by atoms with Gasteiger partial charge in [0.05, 0.1) is 8.07 Å². The van der Waals surface area contributed by atoms with Crippen LogP contribution in [0.1, 0.15) is 12.8 Å². The van der Waals surface area contributed by atoms with Crippen molar-refractivity contribution in [3.8, 4) is 0 Å². The molecular formula is C9H15KO2Si. The Labute approximate surface area is 124 Å². The molecule has 2 nitrogen and oxygen atoms in total. The van der Waals surface area contributed by atoms with Crippen LogP contribution in [0, 0.1) is 0 Å². The molecule has 0 aromatic heterocycles. The van der Waals surface area contributed by atoms with Crippen molar-refractivity contribution in [3.05, 3.63) is 24.6 Å². The van der Waals surface area contributed by atoms with Crippen molar-refractivity contribution in [2.45, 2.75) is 25.4 Å². The van der Waals surface area contributed by atoms with Crippen molar-refractivity contribution in [3.63, 3.8) is 0 Å². The normalized spacial score (nSPS) is 9.92. The molecule has 4 heteroatoms. The first-order valence-corrected chi connectivity index (χ1v) is 6.87. The molecule has 0 atom stereocenters. The summed E-state index contributed by atoms with van der Waals surface area (Å²) in [7, 11) is -1.53. The Morgan fingerprint density at radius 3 is 2.23 bits per heavy atom. The van der Waals surface area contributed by atoms with Crippen molar-refractivity contribution < 1.29 is 61.3 Å². The number of carboxylic acid groups (broad SMARTS) is 1. The predicted octanol–water partition coefficient (Wildman–Crippen LogP) is -1.95. The molecular weight excluding hydrogens is 207 g/mol. The van der Waals surface area contributed by atoms with Crippen molar-refractivity contribution in [2.75, 3.05) is 0 Å². The third kappa shape index (κ3) is 7.84. The van der Waals surface area contributed by atoms with Crippen LogP contribution in [-0.4, -0.2) is 14.0 Å². The molecule has 0 amide bonds. The molecule has 13 heavy (non-hydrogen) atoms. The van der Waals surface area contributed by atoms with Gasteiger partial charge in [-0.15, -0.1) is 13.2 Å². The summed E-state index contributed by atoms with van der Waals surface area (Å²) in [5.41, 5.74) is 3.85. The van der Waals surface area contributed by atoms with Crippen molar-refractivity contribution >= 4 is 14.0 Å². The molecule has 0 bridgehead atoms. The molecule has 0 aromatic rings. The molecule has 0 saturated heterocycles. The summed E-state index contributed by atoms with van der Waals surface area (Å²) < 4.78 is 0. The van der Waals surface area contributed by atoms with Gasteiger partial charge >= 0.3 is 51.4 Å². The Morgan fingerprint density at radius 2 is 1.92 bits per heavy atom. The van der Waals surface area contributed by atoms with Gasteiger partial charge in [0.25, 0.3) is 0 Å². The van der Waals surface area contributed by atoms with Crippen LogP contribution < -0.4 is 56.5 Å². The largest absolute Gasteiger partial charge is 1.00 e. The fourth-order valence-electron chi connectivity index (χ4n) is 0.901. The minimum absolute atomic E-state index is 0. The van der Waals surface area contributed by atoms with E-state index in [4.69, 9.17) is 0 Å². The second-order valence-corrected chi connectivity index (χ2v) is 7.47. The van der Waals surface area contributed by atoms with Crippen LogP contribution in [0.4, 0.5) is 0 Å². The zero-order valence-electron chi connectivity index (χ0n) is 8.51. The molecule has 0 radical (unpaired) electrons. The maximum atomic E-state index is 10.1. The molecule has 0 unspecified atom stereocenters. The van der Waals surface area contributed by atoms with Crippen molar-refractivity contribution in [2.24, 2.45) is 0 Å². The van der Waals surface area contributed by atoms with Crippen LogP contribution in [0.3, 0.4) is 0 Å². The van der Waals surface area contributed by atoms with Gasteiger partial charge in [-0.05, 0) is 12.8 Å². The number of carbonyl (C=O) groups is 1. The molecule has 0 saturated carbocycles. The number of carboxylic acids is 1. The molecule has 0 aliphatic rings. The van der Waals surface area contributed by atoms with Crippen molar-refractivity contribution in [1.82, 2.24) is 0 Å². The molecule has 0 aromatic carbocycles. The molecule has 0 rings (SSSR count). The Bertz CT molecular complexity index is 184. The van der Waals surface area contributed by atoms with E-state index in [2.05, 4.69) is 19.7 Å². The summed E-state index contributed by atoms with van der Waals surface area (Å²) in [6, 6.07) is 0.897. The fraction of sp³-hybridized carbons (Fsp3) is 0.444. The summed E-state index contributed by atoms with van der Waals surface area (Å²) in [4.78, 5) is 10.1. The number of hydrogen-bond acceptors (Lipinski definition) is 2. The summed E-state index contributed by atoms with van der Waals surface area (Å²) in [6.07, 6.45) is 0.813. The van der Waals surface area contributed by atoms with Gasteiger partial charge in [-0.1, -0.05) is 24.0 Å². The smallest absolute Gasteiger partial charge is 0.550 e. The number of hydrogen-bond donors (Lipinski definition) is 0. The number of aliphatic carboxylic acids is 1. The molecule has 0 aliphatic carbocycles. The average molecular weight is 222 g/mol. The van der Waals surface area contributed by atoms with E-state index in [1.54, 1.807) is 0 Å². The first-order chi connectivity index (χ1) is 5.54. The SMILES string of the molecule is C=C[Si](C)(C=C)CCCC(=O)[O-].[K+]. The van der Waals surface area contributed by atoms with E-state index in [9.17, 15) is 9.90 Å². The van der Waals surface area contributed by atoms with E-state index in [0.717, 1.165) is 6.04 Å². The average Bonchev–Trinajstić information content (AvgIpc) is 2.03. The first-order valence-electron chi connectivity index (χ1n) is 4.01. The van der Waals surface area contributed by atoms with E-state index < -0.39 is 14.0 Å². The minimum Gasteiger partial charge on any atom is -0.550 e. The molecule has 0 spiro atoms. The molecule has 0 heterocycles. The van der Waals surface area contributed by atoms with E-state index in [1.165, 1.54) is 0 Å². The van der Waals surface area contributed by atoms with Gasteiger partial charge in [-0.25, -0.2) is 0 Å². The van der Waals surface area contributed by atoms with Gasteiger partial charge in [-0.3, -0.25) is 0 Å². The van der Waals surface area contributed by atoms with Gasteiger partial charge in [-0.2, -0.15) is 0 Å². The van der Waals surface area contributed by atoms with Crippen LogP contribution >= 0.6 is 0 Å². The van der Waals surface area contributed by atoms with Crippen LogP contribution in [0.2, 0.25) is 12.6 Å². The summed E-state index contributed by atoms with van der Waals surface area (Å²) in [5.74, 6) is -0.973. The maximum Gasteiger partial charge on any atom is 1.00 e. The Hall–Kier alpha value is 0.803. The fourth-order valence-corrected chi connectivity index (χ4v) is 2.41. The van der Waals surface area contributed by atoms with Crippen LogP contribution in [-0.2, 0) is 4.79 Å². The zero-order valence-corrected chi connectivity index (χ0v) is 12.6. The van der Waals surface area contributed by atoms with Gasteiger partial charge in [0.1, 0.15) is 0 Å². The summed E-state index contributed by atoms with van der Waals surface area (Å²) in [6.45, 7) is 9.57. The van der Waals surface area contributed by atoms with E-state index in [-0.39, 0.29) is 57.8 Å². The Balaban J connectivity index is 0. The second-order valence-electron chi connectivity index (χ2n) is 3.14. The van der Waals surface area contributed by atoms with Gasteiger partial charge in [0.15, 0.2) is 0 Å². The van der Waals surface area contributed by atoms with Crippen LogP contribution in [0.15, 0.2) is 24.6 Å². The number of carbonyl (C=O) groups excluding carboxylic acids is 1. The second kappa shape index (κ2) is 8.14. The van der Waals surface area contributed by atoms with Gasteiger partial charge < -0.3 is 9.90 Å². The third-order valence-corrected chi connectivity index (χ3v) is 5.33. The number of rotatable bonds is 6. The van der Waals surface area contributed by atoms with Crippen LogP contribution in [0.25, 0.3) is 0 Å². The standard InChI is InChI=1S/C9H16O2Si.K/c1-4-12(3,5-2)8-6-7-9(10)11;/h4-5H,1-2,6-8H2,3H3,(H,10,11);/q;+1/p-1. The van der Waals surface area contributed by atoms with E-state index in [1.807, 2.05) is 11.4 Å². The monoisotopic (exact) mass is 222 g/mol.